The predicted molar refractivity (Wildman–Crippen MR) is 93.3 cm³/mol. The Balaban J connectivity index is 1.73. The maximum atomic E-state index is 12.9. The van der Waals surface area contributed by atoms with E-state index >= 15 is 0 Å². The summed E-state index contributed by atoms with van der Waals surface area (Å²) in [5, 5.41) is 2.96. The Labute approximate surface area is 149 Å². The smallest absolute Gasteiger partial charge is 0.406 e. The van der Waals surface area contributed by atoms with Crippen LogP contribution in [0.3, 0.4) is 0 Å². The number of nitrogens with zero attached hydrogens (tertiary/aromatic N) is 1. The second-order valence-corrected chi connectivity index (χ2v) is 6.33. The zero-order valence-electron chi connectivity index (χ0n) is 14.4. The number of hydrogen-bond acceptors (Lipinski definition) is 3. The van der Waals surface area contributed by atoms with Gasteiger partial charge in [0.25, 0.3) is 0 Å². The highest BCUT2D eigenvalue weighted by Crippen LogP contribution is 2.32. The molecule has 0 saturated carbocycles. The van der Waals surface area contributed by atoms with E-state index in [4.69, 9.17) is 0 Å². The molecule has 0 saturated heterocycles. The van der Waals surface area contributed by atoms with Crippen molar-refractivity contribution >= 4 is 17.3 Å². The molecule has 1 aliphatic rings. The number of alkyl halides is 3. The van der Waals surface area contributed by atoms with Crippen LogP contribution in [0.15, 0.2) is 48.5 Å². The van der Waals surface area contributed by atoms with Gasteiger partial charge < -0.3 is 15.0 Å². The van der Waals surface area contributed by atoms with Crippen LogP contribution in [0, 0.1) is 0 Å². The van der Waals surface area contributed by atoms with E-state index in [2.05, 4.69) is 10.1 Å². The molecular formula is C19H19F3N2O2. The molecule has 0 unspecified atom stereocenters. The first-order chi connectivity index (χ1) is 12.2. The molecule has 2 atom stereocenters. The summed E-state index contributed by atoms with van der Waals surface area (Å²) >= 11 is 0. The van der Waals surface area contributed by atoms with E-state index in [1.807, 2.05) is 31.2 Å². The molecule has 1 amide bonds. The highest BCUT2D eigenvalue weighted by atomic mass is 19.4. The van der Waals surface area contributed by atoms with Crippen LogP contribution in [0.1, 0.15) is 19.4 Å². The number of halogens is 3. The molecule has 7 heteroatoms. The van der Waals surface area contributed by atoms with Crippen LogP contribution in [-0.4, -0.2) is 24.4 Å². The zero-order valence-corrected chi connectivity index (χ0v) is 14.4. The summed E-state index contributed by atoms with van der Waals surface area (Å²) in [6.07, 6.45) is -3.97. The van der Waals surface area contributed by atoms with E-state index in [9.17, 15) is 18.0 Å². The molecule has 1 aliphatic heterocycles. The third-order valence-corrected chi connectivity index (χ3v) is 4.27. The Morgan fingerprint density at radius 3 is 2.69 bits per heavy atom. The van der Waals surface area contributed by atoms with Crippen LogP contribution in [0.25, 0.3) is 0 Å². The third kappa shape index (κ3) is 3.92. The van der Waals surface area contributed by atoms with E-state index in [0.29, 0.717) is 5.69 Å². The minimum absolute atomic E-state index is 0.0315. The first-order valence-corrected chi connectivity index (χ1v) is 8.28. The number of hydrogen-bond donors (Lipinski definition) is 1. The molecule has 4 nitrogen and oxygen atoms in total. The van der Waals surface area contributed by atoms with Gasteiger partial charge in [-0.05, 0) is 44.0 Å². The molecule has 1 heterocycles. The Kier molecular flexibility index (Phi) is 4.80. The largest absolute Gasteiger partial charge is 0.573 e. The van der Waals surface area contributed by atoms with Gasteiger partial charge in [-0.15, -0.1) is 13.2 Å². The molecule has 0 bridgehead atoms. The molecule has 0 radical (unpaired) electrons. The topological polar surface area (TPSA) is 41.6 Å². The van der Waals surface area contributed by atoms with E-state index in [-0.39, 0.29) is 17.7 Å². The zero-order chi connectivity index (χ0) is 18.9. The first kappa shape index (κ1) is 18.1. The van der Waals surface area contributed by atoms with Crippen LogP contribution in [0.5, 0.6) is 5.75 Å². The molecule has 3 rings (SSSR count). The van der Waals surface area contributed by atoms with Crippen LogP contribution < -0.4 is 15.0 Å². The average molecular weight is 364 g/mol. The number of nitrogens with one attached hydrogen (secondary N) is 1. The van der Waals surface area contributed by atoms with Crippen molar-refractivity contribution in [1.82, 2.24) is 0 Å². The second kappa shape index (κ2) is 6.90. The fourth-order valence-corrected chi connectivity index (χ4v) is 3.20. The van der Waals surface area contributed by atoms with Gasteiger partial charge in [0.05, 0.1) is 0 Å². The van der Waals surface area contributed by atoms with Crippen molar-refractivity contribution in [1.29, 1.82) is 0 Å². The normalized spacial score (nSPS) is 17.6. The fraction of sp³-hybridized carbons (Fsp3) is 0.316. The maximum absolute atomic E-state index is 12.9. The van der Waals surface area contributed by atoms with E-state index in [1.54, 1.807) is 17.9 Å². The van der Waals surface area contributed by atoms with Gasteiger partial charge in [-0.2, -0.15) is 0 Å². The number of carbonyl (C=O) groups is 1. The SMILES string of the molecule is C[C@H](Nc1cccc(OC(F)(F)F)c1)C(=O)N1c2ccccc2C[C@H]1C. The number of rotatable bonds is 4. The van der Waals surface area contributed by atoms with Gasteiger partial charge in [0.1, 0.15) is 11.8 Å². The summed E-state index contributed by atoms with van der Waals surface area (Å²) in [5.74, 6) is -0.466. The van der Waals surface area contributed by atoms with E-state index in [0.717, 1.165) is 17.7 Å². The van der Waals surface area contributed by atoms with Crippen molar-refractivity contribution in [2.75, 3.05) is 10.2 Å². The summed E-state index contributed by atoms with van der Waals surface area (Å²) in [4.78, 5) is 14.6. The lowest BCUT2D eigenvalue weighted by atomic mass is 10.1. The summed E-state index contributed by atoms with van der Waals surface area (Å²) < 4.78 is 41.0. The molecule has 0 aliphatic carbocycles. The molecule has 2 aromatic rings. The lowest BCUT2D eigenvalue weighted by Crippen LogP contribution is -2.44. The van der Waals surface area contributed by atoms with Crippen LogP contribution in [-0.2, 0) is 11.2 Å². The van der Waals surface area contributed by atoms with Gasteiger partial charge in [-0.25, -0.2) is 0 Å². The van der Waals surface area contributed by atoms with Crippen molar-refractivity contribution in [3.05, 3.63) is 54.1 Å². The van der Waals surface area contributed by atoms with Crippen molar-refractivity contribution in [2.24, 2.45) is 0 Å². The first-order valence-electron chi connectivity index (χ1n) is 8.28. The minimum Gasteiger partial charge on any atom is -0.406 e. The number of benzene rings is 2. The number of anilines is 2. The molecule has 0 spiro atoms. The van der Waals surface area contributed by atoms with Gasteiger partial charge in [0.2, 0.25) is 5.91 Å². The van der Waals surface area contributed by atoms with Gasteiger partial charge >= 0.3 is 6.36 Å². The van der Waals surface area contributed by atoms with Gasteiger partial charge in [0.15, 0.2) is 0 Å². The minimum atomic E-state index is -4.76. The number of amides is 1. The van der Waals surface area contributed by atoms with E-state index in [1.165, 1.54) is 18.2 Å². The van der Waals surface area contributed by atoms with Crippen molar-refractivity contribution in [3.63, 3.8) is 0 Å². The standard InChI is InChI=1S/C19H19F3N2O2/c1-12-10-14-6-3-4-9-17(14)24(12)18(25)13(2)23-15-7-5-8-16(11-15)26-19(20,21)22/h3-9,11-13,23H,10H2,1-2H3/t12-,13+/m1/s1. The van der Waals surface area contributed by atoms with Crippen molar-refractivity contribution in [2.45, 2.75) is 38.7 Å². The number of carbonyl (C=O) groups excluding carboxylic acids is 1. The lowest BCUT2D eigenvalue weighted by molar-refractivity contribution is -0.274. The molecule has 0 fully saturated rings. The average Bonchev–Trinajstić information content (AvgIpc) is 2.88. The number of ether oxygens (including phenoxy) is 1. The molecule has 26 heavy (non-hydrogen) atoms. The Morgan fingerprint density at radius 2 is 1.96 bits per heavy atom. The third-order valence-electron chi connectivity index (χ3n) is 4.27. The molecule has 138 valence electrons. The Morgan fingerprint density at radius 1 is 1.23 bits per heavy atom. The number of fused-ring (bicyclic) bond motifs is 1. The summed E-state index contributed by atoms with van der Waals surface area (Å²) in [6.45, 7) is 3.66. The highest BCUT2D eigenvalue weighted by molar-refractivity contribution is 6.00. The van der Waals surface area contributed by atoms with Crippen LogP contribution >= 0.6 is 0 Å². The Hall–Kier alpha value is -2.70. The lowest BCUT2D eigenvalue weighted by Gasteiger charge is -2.27. The van der Waals surface area contributed by atoms with Crippen molar-refractivity contribution < 1.29 is 22.7 Å². The monoisotopic (exact) mass is 364 g/mol. The van der Waals surface area contributed by atoms with E-state index < -0.39 is 12.4 Å². The molecular weight excluding hydrogens is 345 g/mol. The summed E-state index contributed by atoms with van der Waals surface area (Å²) in [7, 11) is 0. The Bertz CT molecular complexity index is 807. The summed E-state index contributed by atoms with van der Waals surface area (Å²) in [6, 6.07) is 12.6. The highest BCUT2D eigenvalue weighted by Gasteiger charge is 2.33. The van der Waals surface area contributed by atoms with Crippen molar-refractivity contribution in [3.8, 4) is 5.75 Å². The fourth-order valence-electron chi connectivity index (χ4n) is 3.20. The molecule has 2 aromatic carbocycles. The number of para-hydroxylation sites is 1. The maximum Gasteiger partial charge on any atom is 0.573 e. The van der Waals surface area contributed by atoms with Crippen LogP contribution in [0.2, 0.25) is 0 Å². The van der Waals surface area contributed by atoms with Crippen LogP contribution in [0.4, 0.5) is 24.5 Å². The quantitative estimate of drug-likeness (QED) is 0.876. The summed E-state index contributed by atoms with van der Waals surface area (Å²) in [5.41, 5.74) is 2.38. The van der Waals surface area contributed by atoms with Gasteiger partial charge in [0, 0.05) is 23.5 Å². The molecule has 0 aromatic heterocycles. The molecule has 1 N–H and O–H groups in total. The second-order valence-electron chi connectivity index (χ2n) is 6.33. The predicted octanol–water partition coefficient (Wildman–Crippen LogP) is 4.36. The van der Waals surface area contributed by atoms with Gasteiger partial charge in [-0.3, -0.25) is 4.79 Å². The van der Waals surface area contributed by atoms with Gasteiger partial charge in [-0.1, -0.05) is 24.3 Å².